The summed E-state index contributed by atoms with van der Waals surface area (Å²) < 4.78 is 0. The predicted octanol–water partition coefficient (Wildman–Crippen LogP) is -0.331. The highest BCUT2D eigenvalue weighted by Gasteiger charge is 2.09. The molecule has 1 heterocycles. The van der Waals surface area contributed by atoms with Crippen LogP contribution in [0.5, 0.6) is 0 Å². The van der Waals surface area contributed by atoms with Crippen LogP contribution >= 0.6 is 11.6 Å². The molecule has 0 saturated carbocycles. The molecule has 0 bridgehead atoms. The van der Waals surface area contributed by atoms with Gasteiger partial charge in [0.15, 0.2) is 16.8 Å². The third kappa shape index (κ3) is 4.42. The Morgan fingerprint density at radius 2 is 1.81 bits per heavy atom. The van der Waals surface area contributed by atoms with Crippen LogP contribution in [0.3, 0.4) is 0 Å². The molecule has 88 valence electrons. The van der Waals surface area contributed by atoms with Gasteiger partial charge >= 0.3 is 0 Å². The molecular formula is C7H11ClN6O2. The SMILES string of the molecule is CC(=O)O.N=C(N)c1nc(Cl)c(N)nc1N. The van der Waals surface area contributed by atoms with E-state index in [-0.39, 0.29) is 28.3 Å². The van der Waals surface area contributed by atoms with E-state index < -0.39 is 5.97 Å². The highest BCUT2D eigenvalue weighted by Crippen LogP contribution is 2.16. The van der Waals surface area contributed by atoms with Crippen molar-refractivity contribution in [3.8, 4) is 0 Å². The van der Waals surface area contributed by atoms with E-state index in [0.29, 0.717) is 0 Å². The number of nitrogens with one attached hydrogen (secondary N) is 1. The molecule has 0 aliphatic carbocycles. The van der Waals surface area contributed by atoms with Crippen molar-refractivity contribution in [1.82, 2.24) is 9.97 Å². The summed E-state index contributed by atoms with van der Waals surface area (Å²) in [6.07, 6.45) is 0. The molecular weight excluding hydrogens is 236 g/mol. The summed E-state index contributed by atoms with van der Waals surface area (Å²) in [5, 5.41) is 14.5. The third-order valence-electron chi connectivity index (χ3n) is 1.16. The van der Waals surface area contributed by atoms with Gasteiger partial charge in [-0.3, -0.25) is 10.2 Å². The first-order chi connectivity index (χ1) is 7.25. The van der Waals surface area contributed by atoms with Gasteiger partial charge in [0.25, 0.3) is 5.97 Å². The number of hydrogen-bond acceptors (Lipinski definition) is 6. The van der Waals surface area contributed by atoms with E-state index >= 15 is 0 Å². The van der Waals surface area contributed by atoms with E-state index in [0.717, 1.165) is 6.92 Å². The minimum absolute atomic E-state index is 0.00407. The Hall–Kier alpha value is -2.09. The highest BCUT2D eigenvalue weighted by molar-refractivity contribution is 6.31. The lowest BCUT2D eigenvalue weighted by molar-refractivity contribution is -0.134. The third-order valence-corrected chi connectivity index (χ3v) is 1.44. The second-order valence-corrected chi connectivity index (χ2v) is 2.92. The van der Waals surface area contributed by atoms with Crippen molar-refractivity contribution in [3.05, 3.63) is 10.8 Å². The molecule has 0 radical (unpaired) electrons. The van der Waals surface area contributed by atoms with Gasteiger partial charge in [-0.2, -0.15) is 0 Å². The lowest BCUT2D eigenvalue weighted by Crippen LogP contribution is -2.17. The number of nitrogens with zero attached hydrogens (tertiary/aromatic N) is 2. The van der Waals surface area contributed by atoms with E-state index in [1.54, 1.807) is 0 Å². The molecule has 0 amide bonds. The van der Waals surface area contributed by atoms with Gasteiger partial charge in [0.1, 0.15) is 11.5 Å². The van der Waals surface area contributed by atoms with Crippen molar-refractivity contribution < 1.29 is 9.90 Å². The fourth-order valence-corrected chi connectivity index (χ4v) is 0.767. The number of hydrogen-bond donors (Lipinski definition) is 5. The molecule has 0 aliphatic heterocycles. The molecule has 1 aromatic rings. The molecule has 16 heavy (non-hydrogen) atoms. The number of nitrogens with two attached hydrogens (primary N) is 3. The maximum absolute atomic E-state index is 9.00. The van der Waals surface area contributed by atoms with Crippen LogP contribution < -0.4 is 17.2 Å². The monoisotopic (exact) mass is 246 g/mol. The molecule has 0 spiro atoms. The Morgan fingerprint density at radius 1 is 1.38 bits per heavy atom. The first-order valence-corrected chi connectivity index (χ1v) is 4.26. The average Bonchev–Trinajstić information content (AvgIpc) is 2.09. The maximum atomic E-state index is 9.00. The first-order valence-electron chi connectivity index (χ1n) is 3.88. The lowest BCUT2D eigenvalue weighted by atomic mass is 10.4. The van der Waals surface area contributed by atoms with Crippen LogP contribution in [0.25, 0.3) is 0 Å². The predicted molar refractivity (Wildman–Crippen MR) is 60.2 cm³/mol. The first kappa shape index (κ1) is 13.9. The summed E-state index contributed by atoms with van der Waals surface area (Å²) >= 11 is 5.52. The van der Waals surface area contributed by atoms with E-state index in [1.807, 2.05) is 0 Å². The fraction of sp³-hybridized carbons (Fsp3) is 0.143. The van der Waals surface area contributed by atoms with E-state index in [4.69, 9.17) is 44.1 Å². The molecule has 0 aromatic carbocycles. The summed E-state index contributed by atoms with van der Waals surface area (Å²) in [6, 6.07) is 0. The van der Waals surface area contributed by atoms with Crippen LogP contribution in [0.1, 0.15) is 12.6 Å². The normalized spacial score (nSPS) is 8.88. The largest absolute Gasteiger partial charge is 0.481 e. The van der Waals surface area contributed by atoms with Crippen LogP contribution in [0, 0.1) is 5.41 Å². The van der Waals surface area contributed by atoms with E-state index in [2.05, 4.69) is 9.97 Å². The number of carbonyl (C=O) groups is 1. The number of anilines is 2. The van der Waals surface area contributed by atoms with Gasteiger partial charge in [-0.05, 0) is 0 Å². The Balaban J connectivity index is 0.000000487. The molecule has 8 N–H and O–H groups in total. The number of carboxylic acid groups (broad SMARTS) is 1. The minimum Gasteiger partial charge on any atom is -0.481 e. The Bertz CT molecular complexity index is 418. The van der Waals surface area contributed by atoms with E-state index in [9.17, 15) is 0 Å². The van der Waals surface area contributed by atoms with Gasteiger partial charge < -0.3 is 22.3 Å². The van der Waals surface area contributed by atoms with Crippen LogP contribution in [-0.2, 0) is 4.79 Å². The number of rotatable bonds is 1. The number of aliphatic carboxylic acids is 1. The van der Waals surface area contributed by atoms with Gasteiger partial charge in [-0.25, -0.2) is 9.97 Å². The van der Waals surface area contributed by atoms with Crippen LogP contribution in [0.15, 0.2) is 0 Å². The summed E-state index contributed by atoms with van der Waals surface area (Å²) in [5.74, 6) is -1.09. The number of amidine groups is 1. The lowest BCUT2D eigenvalue weighted by Gasteiger charge is -2.03. The standard InChI is InChI=1S/C5H7ClN6.C2H4O2/c6-2-5(10)12-4(9)1(11-2)3(7)8;1-2(3)4/h(H3,7,8)(H4,9,10,12);1H3,(H,3,4). The zero-order chi connectivity index (χ0) is 12.9. The van der Waals surface area contributed by atoms with Gasteiger partial charge in [-0.1, -0.05) is 11.6 Å². The second-order valence-electron chi connectivity index (χ2n) is 2.57. The molecule has 0 fully saturated rings. The minimum atomic E-state index is -0.833. The molecule has 0 atom stereocenters. The van der Waals surface area contributed by atoms with Crippen molar-refractivity contribution in [1.29, 1.82) is 5.41 Å². The molecule has 0 unspecified atom stereocenters. The molecule has 8 nitrogen and oxygen atoms in total. The van der Waals surface area contributed by atoms with Crippen molar-refractivity contribution in [2.24, 2.45) is 5.73 Å². The van der Waals surface area contributed by atoms with Crippen molar-refractivity contribution >= 4 is 35.0 Å². The molecule has 1 rings (SSSR count). The molecule has 1 aromatic heterocycles. The number of aromatic nitrogens is 2. The zero-order valence-corrected chi connectivity index (χ0v) is 9.12. The smallest absolute Gasteiger partial charge is 0.300 e. The summed E-state index contributed by atoms with van der Waals surface area (Å²) in [6.45, 7) is 1.08. The molecule has 9 heteroatoms. The second kappa shape index (κ2) is 5.71. The van der Waals surface area contributed by atoms with Crippen molar-refractivity contribution in [2.45, 2.75) is 6.92 Å². The van der Waals surface area contributed by atoms with Gasteiger partial charge in [0.2, 0.25) is 0 Å². The number of nitrogen functional groups attached to an aromatic ring is 3. The molecule has 0 aliphatic rings. The average molecular weight is 247 g/mol. The van der Waals surface area contributed by atoms with Gasteiger partial charge in [-0.15, -0.1) is 0 Å². The summed E-state index contributed by atoms with van der Waals surface area (Å²) in [5.41, 5.74) is 15.8. The maximum Gasteiger partial charge on any atom is 0.300 e. The highest BCUT2D eigenvalue weighted by atomic mass is 35.5. The quantitative estimate of drug-likeness (QED) is 0.334. The van der Waals surface area contributed by atoms with Crippen LogP contribution in [0.2, 0.25) is 5.15 Å². The van der Waals surface area contributed by atoms with Crippen LogP contribution in [0.4, 0.5) is 11.6 Å². The molecule has 0 saturated heterocycles. The van der Waals surface area contributed by atoms with Crippen molar-refractivity contribution in [3.63, 3.8) is 0 Å². The van der Waals surface area contributed by atoms with E-state index in [1.165, 1.54) is 0 Å². The zero-order valence-electron chi connectivity index (χ0n) is 8.36. The summed E-state index contributed by atoms with van der Waals surface area (Å²) in [7, 11) is 0. The topological polar surface area (TPSA) is 165 Å². The fourth-order valence-electron chi connectivity index (χ4n) is 0.640. The number of carboxylic acids is 1. The number of halogens is 1. The van der Waals surface area contributed by atoms with Crippen molar-refractivity contribution in [2.75, 3.05) is 11.5 Å². The van der Waals surface area contributed by atoms with Gasteiger partial charge in [0.05, 0.1) is 0 Å². The van der Waals surface area contributed by atoms with Crippen LogP contribution in [-0.4, -0.2) is 26.9 Å². The Kier molecular flexibility index (Phi) is 4.96. The Labute approximate surface area is 95.9 Å². The summed E-state index contributed by atoms with van der Waals surface area (Å²) in [4.78, 5) is 16.3. The van der Waals surface area contributed by atoms with Gasteiger partial charge in [0, 0.05) is 6.92 Å². The Morgan fingerprint density at radius 3 is 2.19 bits per heavy atom.